The lowest BCUT2D eigenvalue weighted by Gasteiger charge is -2.16. The zero-order chi connectivity index (χ0) is 15.4. The van der Waals surface area contributed by atoms with Crippen molar-refractivity contribution in [3.05, 3.63) is 45.5 Å². The molecule has 112 valence electrons. The summed E-state index contributed by atoms with van der Waals surface area (Å²) < 4.78 is 0. The van der Waals surface area contributed by atoms with Crippen LogP contribution >= 0.6 is 23.2 Å². The fourth-order valence-corrected chi connectivity index (χ4v) is 2.36. The number of amides is 1. The van der Waals surface area contributed by atoms with Crippen LogP contribution in [0.4, 0.5) is 0 Å². The molecule has 0 bridgehead atoms. The van der Waals surface area contributed by atoms with Gasteiger partial charge in [0.15, 0.2) is 0 Å². The molecule has 5 nitrogen and oxygen atoms in total. The summed E-state index contributed by atoms with van der Waals surface area (Å²) in [7, 11) is 1.68. The third-order valence-corrected chi connectivity index (χ3v) is 3.57. The van der Waals surface area contributed by atoms with Gasteiger partial charge in [0.05, 0.1) is 0 Å². The van der Waals surface area contributed by atoms with Crippen LogP contribution in [0.25, 0.3) is 0 Å². The van der Waals surface area contributed by atoms with Crippen LogP contribution in [0.2, 0.25) is 10.0 Å². The fourth-order valence-electron chi connectivity index (χ4n) is 1.89. The standard InChI is InChI=1S/C14H16Cl2N4O/c1-3-4-12-17-13(19-18-12)14(21)20(2)8-9-5-6-10(15)7-11(9)16/h5-7H,3-4,8H2,1-2H3,(H,17,18,19). The third kappa shape index (κ3) is 3.95. The van der Waals surface area contributed by atoms with Gasteiger partial charge < -0.3 is 4.90 Å². The Morgan fingerprint density at radius 3 is 2.81 bits per heavy atom. The molecular weight excluding hydrogens is 311 g/mol. The summed E-state index contributed by atoms with van der Waals surface area (Å²) in [6.45, 7) is 2.41. The molecule has 1 aromatic heterocycles. The van der Waals surface area contributed by atoms with Gasteiger partial charge in [-0.1, -0.05) is 36.2 Å². The summed E-state index contributed by atoms with van der Waals surface area (Å²) in [5.74, 6) is 0.643. The maximum atomic E-state index is 12.3. The summed E-state index contributed by atoms with van der Waals surface area (Å²) in [5, 5.41) is 7.82. The van der Waals surface area contributed by atoms with Crippen LogP contribution in [0.3, 0.4) is 0 Å². The number of aromatic amines is 1. The van der Waals surface area contributed by atoms with Crippen LogP contribution in [0.1, 0.15) is 35.4 Å². The lowest BCUT2D eigenvalue weighted by atomic mass is 10.2. The lowest BCUT2D eigenvalue weighted by Crippen LogP contribution is -2.27. The van der Waals surface area contributed by atoms with Gasteiger partial charge in [-0.3, -0.25) is 9.89 Å². The van der Waals surface area contributed by atoms with E-state index in [0.717, 1.165) is 24.2 Å². The highest BCUT2D eigenvalue weighted by molar-refractivity contribution is 6.35. The van der Waals surface area contributed by atoms with Crippen LogP contribution < -0.4 is 0 Å². The number of carbonyl (C=O) groups excluding carboxylic acids is 1. The average Bonchev–Trinajstić information content (AvgIpc) is 2.90. The number of H-pyrrole nitrogens is 1. The van der Waals surface area contributed by atoms with Crippen molar-refractivity contribution in [1.29, 1.82) is 0 Å². The molecule has 0 radical (unpaired) electrons. The van der Waals surface area contributed by atoms with Crippen molar-refractivity contribution in [3.63, 3.8) is 0 Å². The van der Waals surface area contributed by atoms with Gasteiger partial charge in [-0.25, -0.2) is 4.98 Å². The van der Waals surface area contributed by atoms with Crippen LogP contribution in [-0.4, -0.2) is 33.0 Å². The Labute approximate surface area is 133 Å². The Kier molecular flexibility index (Phi) is 5.20. The van der Waals surface area contributed by atoms with Gasteiger partial charge in [0.25, 0.3) is 5.91 Å². The number of carbonyl (C=O) groups is 1. The quantitative estimate of drug-likeness (QED) is 0.916. The number of nitrogens with one attached hydrogen (secondary N) is 1. The highest BCUT2D eigenvalue weighted by atomic mass is 35.5. The Morgan fingerprint density at radius 1 is 1.38 bits per heavy atom. The Morgan fingerprint density at radius 2 is 2.14 bits per heavy atom. The van der Waals surface area contributed by atoms with Gasteiger partial charge in [0, 0.05) is 30.1 Å². The van der Waals surface area contributed by atoms with E-state index in [0.29, 0.717) is 16.6 Å². The van der Waals surface area contributed by atoms with Crippen LogP contribution in [0.5, 0.6) is 0 Å². The van der Waals surface area contributed by atoms with E-state index in [9.17, 15) is 4.79 Å². The van der Waals surface area contributed by atoms with Gasteiger partial charge in [-0.15, -0.1) is 5.10 Å². The summed E-state index contributed by atoms with van der Waals surface area (Å²) in [6, 6.07) is 5.20. The largest absolute Gasteiger partial charge is 0.335 e. The Bertz CT molecular complexity index is 642. The number of nitrogens with zero attached hydrogens (tertiary/aromatic N) is 3. The van der Waals surface area contributed by atoms with Gasteiger partial charge in [0.2, 0.25) is 5.82 Å². The second-order valence-corrected chi connectivity index (χ2v) is 5.60. The Hall–Kier alpha value is -1.59. The average molecular weight is 327 g/mol. The van der Waals surface area contributed by atoms with E-state index in [2.05, 4.69) is 15.2 Å². The molecule has 0 aliphatic rings. The maximum absolute atomic E-state index is 12.3. The number of aromatic nitrogens is 3. The zero-order valence-electron chi connectivity index (χ0n) is 11.9. The second-order valence-electron chi connectivity index (χ2n) is 4.75. The molecule has 0 unspecified atom stereocenters. The fraction of sp³-hybridized carbons (Fsp3) is 0.357. The number of hydrogen-bond acceptors (Lipinski definition) is 3. The van der Waals surface area contributed by atoms with Gasteiger partial charge >= 0.3 is 0 Å². The maximum Gasteiger partial charge on any atom is 0.293 e. The van der Waals surface area contributed by atoms with E-state index in [1.165, 1.54) is 4.90 Å². The first-order valence-electron chi connectivity index (χ1n) is 6.62. The number of rotatable bonds is 5. The molecule has 2 aromatic rings. The minimum atomic E-state index is -0.250. The molecule has 0 atom stereocenters. The van der Waals surface area contributed by atoms with Crippen molar-refractivity contribution in [3.8, 4) is 0 Å². The van der Waals surface area contributed by atoms with Crippen molar-refractivity contribution in [2.45, 2.75) is 26.3 Å². The van der Waals surface area contributed by atoms with E-state index in [-0.39, 0.29) is 11.7 Å². The first kappa shape index (κ1) is 15.8. The van der Waals surface area contributed by atoms with E-state index < -0.39 is 0 Å². The van der Waals surface area contributed by atoms with Crippen LogP contribution in [0, 0.1) is 0 Å². The molecule has 0 aliphatic carbocycles. The normalized spacial score (nSPS) is 10.7. The number of hydrogen-bond donors (Lipinski definition) is 1. The molecule has 0 saturated heterocycles. The van der Waals surface area contributed by atoms with Crippen LogP contribution in [0.15, 0.2) is 18.2 Å². The summed E-state index contributed by atoms with van der Waals surface area (Å²) in [6.07, 6.45) is 1.71. The van der Waals surface area contributed by atoms with Gasteiger partial charge in [-0.2, -0.15) is 0 Å². The van der Waals surface area contributed by atoms with Crippen LogP contribution in [-0.2, 0) is 13.0 Å². The third-order valence-electron chi connectivity index (χ3n) is 2.98. The highest BCUT2D eigenvalue weighted by Gasteiger charge is 2.18. The lowest BCUT2D eigenvalue weighted by molar-refractivity contribution is 0.0773. The number of benzene rings is 1. The van der Waals surface area contributed by atoms with Crippen molar-refractivity contribution in [2.24, 2.45) is 0 Å². The van der Waals surface area contributed by atoms with Gasteiger partial charge in [0.1, 0.15) is 5.82 Å². The molecule has 1 N–H and O–H groups in total. The van der Waals surface area contributed by atoms with Crippen molar-refractivity contribution in [1.82, 2.24) is 20.1 Å². The molecule has 1 amide bonds. The molecule has 1 heterocycles. The summed E-state index contributed by atoms with van der Waals surface area (Å²) >= 11 is 12.0. The minimum absolute atomic E-state index is 0.172. The number of aryl methyl sites for hydroxylation is 1. The summed E-state index contributed by atoms with van der Waals surface area (Å²) in [4.78, 5) is 18.0. The minimum Gasteiger partial charge on any atom is -0.335 e. The monoisotopic (exact) mass is 326 g/mol. The highest BCUT2D eigenvalue weighted by Crippen LogP contribution is 2.22. The molecule has 7 heteroatoms. The second kappa shape index (κ2) is 6.91. The molecule has 21 heavy (non-hydrogen) atoms. The molecule has 0 saturated carbocycles. The van der Waals surface area contributed by atoms with E-state index in [1.807, 2.05) is 6.92 Å². The topological polar surface area (TPSA) is 61.9 Å². The molecule has 2 rings (SSSR count). The van der Waals surface area contributed by atoms with Crippen molar-refractivity contribution >= 4 is 29.1 Å². The van der Waals surface area contributed by atoms with Crippen molar-refractivity contribution in [2.75, 3.05) is 7.05 Å². The molecule has 0 spiro atoms. The zero-order valence-corrected chi connectivity index (χ0v) is 13.4. The van der Waals surface area contributed by atoms with E-state index in [4.69, 9.17) is 23.2 Å². The molecule has 0 aliphatic heterocycles. The van der Waals surface area contributed by atoms with Crippen molar-refractivity contribution < 1.29 is 4.79 Å². The SMILES string of the molecule is CCCc1nc(C(=O)N(C)Cc2ccc(Cl)cc2Cl)n[nH]1. The smallest absolute Gasteiger partial charge is 0.293 e. The van der Waals surface area contributed by atoms with E-state index >= 15 is 0 Å². The predicted octanol–water partition coefficient (Wildman–Crippen LogP) is 3.34. The Balaban J connectivity index is 2.08. The molecular formula is C14H16Cl2N4O. The van der Waals surface area contributed by atoms with E-state index in [1.54, 1.807) is 25.2 Å². The first-order chi connectivity index (χ1) is 10.0. The van der Waals surface area contributed by atoms with Gasteiger partial charge in [-0.05, 0) is 24.1 Å². The predicted molar refractivity (Wildman–Crippen MR) is 82.6 cm³/mol. The first-order valence-corrected chi connectivity index (χ1v) is 7.37. The number of halogens is 2. The molecule has 1 aromatic carbocycles. The molecule has 0 fully saturated rings. The summed E-state index contributed by atoms with van der Waals surface area (Å²) in [5.41, 5.74) is 0.821.